The molecule has 2 fully saturated rings. The Kier molecular flexibility index (Phi) is 4.93. The topological polar surface area (TPSA) is 88.6 Å². The quantitative estimate of drug-likeness (QED) is 0.623. The second-order valence-electron chi connectivity index (χ2n) is 8.80. The van der Waals surface area contributed by atoms with Gasteiger partial charge >= 0.3 is 5.97 Å². The normalized spacial score (nSPS) is 30.9. The van der Waals surface area contributed by atoms with Crippen LogP contribution in [0.5, 0.6) is 0 Å². The van der Waals surface area contributed by atoms with Crippen molar-refractivity contribution in [3.8, 4) is 0 Å². The van der Waals surface area contributed by atoms with Gasteiger partial charge in [-0.2, -0.15) is 0 Å². The van der Waals surface area contributed by atoms with Gasteiger partial charge in [0.15, 0.2) is 0 Å². The molecule has 1 aromatic rings. The number of hydrogen-bond acceptors (Lipinski definition) is 7. The van der Waals surface area contributed by atoms with Gasteiger partial charge in [0.25, 0.3) is 0 Å². The maximum absolute atomic E-state index is 13.4. The molecule has 2 saturated heterocycles. The van der Waals surface area contributed by atoms with Crippen molar-refractivity contribution >= 4 is 29.1 Å². The van der Waals surface area contributed by atoms with Gasteiger partial charge in [-0.15, -0.1) is 11.3 Å². The van der Waals surface area contributed by atoms with Gasteiger partial charge in [-0.05, 0) is 33.1 Å². The van der Waals surface area contributed by atoms with E-state index < -0.39 is 35.0 Å². The molecule has 0 bridgehead atoms. The number of thiazole rings is 1. The van der Waals surface area contributed by atoms with E-state index in [2.05, 4.69) is 10.3 Å². The summed E-state index contributed by atoms with van der Waals surface area (Å²) in [6.07, 6.45) is 2.06. The fourth-order valence-corrected chi connectivity index (χ4v) is 4.95. The molecule has 0 aromatic carbocycles. The van der Waals surface area contributed by atoms with E-state index in [9.17, 15) is 14.4 Å². The van der Waals surface area contributed by atoms with Crippen LogP contribution in [0.25, 0.3) is 0 Å². The number of carbonyl (C=O) groups excluding carboxylic acids is 3. The Morgan fingerprint density at radius 3 is 2.56 bits per heavy atom. The first-order valence-electron chi connectivity index (χ1n) is 9.20. The summed E-state index contributed by atoms with van der Waals surface area (Å²) in [4.78, 5) is 44.7. The Morgan fingerprint density at radius 1 is 1.37 bits per heavy atom. The van der Waals surface area contributed by atoms with Crippen LogP contribution in [0.2, 0.25) is 0 Å². The van der Waals surface area contributed by atoms with Crippen LogP contribution in [0.4, 0.5) is 0 Å². The minimum absolute atomic E-state index is 0.120. The number of aromatic nitrogens is 1. The fourth-order valence-electron chi connectivity index (χ4n) is 4.22. The van der Waals surface area contributed by atoms with Gasteiger partial charge in [0, 0.05) is 18.6 Å². The van der Waals surface area contributed by atoms with E-state index in [0.717, 1.165) is 4.90 Å². The second-order valence-corrected chi connectivity index (χ2v) is 9.73. The number of fused-ring (bicyclic) bond motifs is 1. The van der Waals surface area contributed by atoms with Crippen LogP contribution in [-0.4, -0.2) is 45.9 Å². The monoisotopic (exact) mass is 393 g/mol. The highest BCUT2D eigenvalue weighted by Crippen LogP contribution is 2.51. The zero-order valence-electron chi connectivity index (χ0n) is 16.6. The van der Waals surface area contributed by atoms with E-state index in [1.54, 1.807) is 27.0 Å². The van der Waals surface area contributed by atoms with E-state index in [-0.39, 0.29) is 17.7 Å². The highest BCUT2D eigenvalue weighted by molar-refractivity contribution is 7.09. The summed E-state index contributed by atoms with van der Waals surface area (Å²) in [5.41, 5.74) is -1.95. The van der Waals surface area contributed by atoms with Crippen LogP contribution in [0.15, 0.2) is 11.6 Å². The predicted molar refractivity (Wildman–Crippen MR) is 101 cm³/mol. The SMILES string of the molecule is CC(C)C[C@]1(C(=O)OC(C)(C)C)N[C@@H](c2nccs2)[C@H]2C(=O)N(C)C(=O)C21. The van der Waals surface area contributed by atoms with Gasteiger partial charge in [-0.1, -0.05) is 13.8 Å². The summed E-state index contributed by atoms with van der Waals surface area (Å²) < 4.78 is 5.72. The molecule has 2 aliphatic heterocycles. The van der Waals surface area contributed by atoms with E-state index in [0.29, 0.717) is 11.4 Å². The smallest absolute Gasteiger partial charge is 0.327 e. The molecule has 27 heavy (non-hydrogen) atoms. The molecular formula is C19H27N3O4S. The molecule has 1 aromatic heterocycles. The lowest BCUT2D eigenvalue weighted by atomic mass is 9.75. The molecule has 2 aliphatic rings. The van der Waals surface area contributed by atoms with Crippen LogP contribution < -0.4 is 5.32 Å². The lowest BCUT2D eigenvalue weighted by Gasteiger charge is -2.36. The zero-order chi connectivity index (χ0) is 20.1. The third-order valence-corrected chi connectivity index (χ3v) is 5.94. The molecule has 148 valence electrons. The van der Waals surface area contributed by atoms with Crippen LogP contribution in [0.1, 0.15) is 52.1 Å². The lowest BCUT2D eigenvalue weighted by molar-refractivity contribution is -0.167. The summed E-state index contributed by atoms with van der Waals surface area (Å²) in [6, 6.07) is -0.484. The average molecular weight is 394 g/mol. The number of esters is 1. The third-order valence-electron chi connectivity index (χ3n) is 5.09. The number of nitrogens with zero attached hydrogens (tertiary/aromatic N) is 2. The molecule has 4 atom stereocenters. The Labute approximate surface area is 163 Å². The molecular weight excluding hydrogens is 366 g/mol. The van der Waals surface area contributed by atoms with Crippen molar-refractivity contribution < 1.29 is 19.1 Å². The highest BCUT2D eigenvalue weighted by atomic mass is 32.1. The van der Waals surface area contributed by atoms with Crippen molar-refractivity contribution in [2.75, 3.05) is 7.05 Å². The minimum atomic E-state index is -1.25. The van der Waals surface area contributed by atoms with E-state index in [1.165, 1.54) is 18.4 Å². The van der Waals surface area contributed by atoms with Crippen LogP contribution >= 0.6 is 11.3 Å². The van der Waals surface area contributed by atoms with E-state index in [4.69, 9.17) is 4.74 Å². The molecule has 7 nitrogen and oxygen atoms in total. The molecule has 1 unspecified atom stereocenters. The van der Waals surface area contributed by atoms with Gasteiger partial charge in [0.05, 0.1) is 17.9 Å². The Bertz CT molecular complexity index is 756. The lowest BCUT2D eigenvalue weighted by Crippen LogP contribution is -2.58. The number of nitrogens with one attached hydrogen (secondary N) is 1. The first-order chi connectivity index (χ1) is 12.5. The van der Waals surface area contributed by atoms with Gasteiger partial charge < -0.3 is 4.74 Å². The Balaban J connectivity index is 2.12. The van der Waals surface area contributed by atoms with E-state index >= 15 is 0 Å². The number of likely N-dealkylation sites (tertiary alicyclic amines) is 1. The first-order valence-corrected chi connectivity index (χ1v) is 10.1. The second kappa shape index (κ2) is 6.67. The van der Waals surface area contributed by atoms with Crippen molar-refractivity contribution in [3.63, 3.8) is 0 Å². The Morgan fingerprint density at radius 2 is 2.04 bits per heavy atom. The molecule has 0 saturated carbocycles. The summed E-state index contributed by atoms with van der Waals surface area (Å²) in [5.74, 6) is -2.40. The zero-order valence-corrected chi connectivity index (χ0v) is 17.4. The number of carbonyl (C=O) groups is 3. The average Bonchev–Trinajstić information content (AvgIpc) is 3.21. The third kappa shape index (κ3) is 3.29. The van der Waals surface area contributed by atoms with Crippen molar-refractivity contribution in [2.24, 2.45) is 17.8 Å². The number of ether oxygens (including phenoxy) is 1. The molecule has 0 aliphatic carbocycles. The van der Waals surface area contributed by atoms with Crippen molar-refractivity contribution in [1.82, 2.24) is 15.2 Å². The van der Waals surface area contributed by atoms with Crippen LogP contribution in [0, 0.1) is 17.8 Å². The van der Waals surface area contributed by atoms with Crippen molar-refractivity contribution in [3.05, 3.63) is 16.6 Å². The fraction of sp³-hybridized carbons (Fsp3) is 0.684. The molecule has 1 N–H and O–H groups in total. The van der Waals surface area contributed by atoms with Gasteiger partial charge in [-0.25, -0.2) is 4.98 Å². The number of amides is 2. The number of hydrogen-bond donors (Lipinski definition) is 1. The molecule has 3 rings (SSSR count). The van der Waals surface area contributed by atoms with Crippen molar-refractivity contribution in [1.29, 1.82) is 0 Å². The van der Waals surface area contributed by atoms with Crippen LogP contribution in [-0.2, 0) is 19.1 Å². The van der Waals surface area contributed by atoms with Gasteiger partial charge in [-0.3, -0.25) is 24.6 Å². The first kappa shape index (κ1) is 19.9. The maximum atomic E-state index is 13.4. The molecule has 0 radical (unpaired) electrons. The maximum Gasteiger partial charge on any atom is 0.327 e. The largest absolute Gasteiger partial charge is 0.459 e. The molecule has 2 amide bonds. The Hall–Kier alpha value is -1.80. The number of imide groups is 1. The van der Waals surface area contributed by atoms with Gasteiger partial charge in [0.1, 0.15) is 16.1 Å². The summed E-state index contributed by atoms with van der Waals surface area (Å²) in [7, 11) is 1.48. The molecule has 0 spiro atoms. The molecule has 8 heteroatoms. The van der Waals surface area contributed by atoms with Crippen molar-refractivity contribution in [2.45, 2.75) is 58.2 Å². The number of rotatable bonds is 4. The predicted octanol–water partition coefficient (Wildman–Crippen LogP) is 2.15. The molecule has 3 heterocycles. The standard InChI is InChI=1S/C19H27N3O4S/c1-10(2)9-19(17(25)26-18(3,4)5)12-11(15(23)22(6)16(12)24)13(21-19)14-20-7-8-27-14/h7-8,10-13,21H,9H2,1-6H3/t11-,12?,13+,19-/m0/s1. The van der Waals surface area contributed by atoms with Gasteiger partial charge in [0.2, 0.25) is 11.8 Å². The highest BCUT2D eigenvalue weighted by Gasteiger charge is 2.68. The summed E-state index contributed by atoms with van der Waals surface area (Å²) in [6.45, 7) is 9.38. The van der Waals surface area contributed by atoms with E-state index in [1.807, 2.05) is 19.2 Å². The summed E-state index contributed by atoms with van der Waals surface area (Å²) in [5, 5.41) is 5.88. The summed E-state index contributed by atoms with van der Waals surface area (Å²) >= 11 is 1.41. The minimum Gasteiger partial charge on any atom is -0.459 e. The van der Waals surface area contributed by atoms with Crippen LogP contribution in [0.3, 0.4) is 0 Å².